The van der Waals surface area contributed by atoms with Crippen LogP contribution < -0.4 is 21.9 Å². The molecule has 0 saturated heterocycles. The molecule has 5 N–H and O–H groups in total. The second-order valence-corrected chi connectivity index (χ2v) is 6.56. The van der Waals surface area contributed by atoms with Crippen LogP contribution in [-0.2, 0) is 11.2 Å². The molecule has 0 bridgehead atoms. The third-order valence-corrected chi connectivity index (χ3v) is 4.42. The third kappa shape index (κ3) is 4.89. The molecule has 0 aliphatic carbocycles. The second-order valence-electron chi connectivity index (χ2n) is 5.71. The predicted octanol–water partition coefficient (Wildman–Crippen LogP) is 1.36. The van der Waals surface area contributed by atoms with Crippen molar-refractivity contribution in [1.29, 1.82) is 0 Å². The summed E-state index contributed by atoms with van der Waals surface area (Å²) in [6.45, 7) is 0. The molecular weight excluding hydrogens is 382 g/mol. The fourth-order valence-corrected chi connectivity index (χ4v) is 2.96. The maximum atomic E-state index is 12.1. The molecule has 3 amide bonds. The topological polar surface area (TPSA) is 147 Å². The summed E-state index contributed by atoms with van der Waals surface area (Å²) in [6.07, 6.45) is 1.33. The fraction of sp³-hybridized carbons (Fsp3) is 0.0556. The Morgan fingerprint density at radius 2 is 1.75 bits per heavy atom. The molecule has 0 unspecified atom stereocenters. The van der Waals surface area contributed by atoms with Gasteiger partial charge in [0.25, 0.3) is 5.91 Å². The molecule has 1 aromatic carbocycles. The van der Waals surface area contributed by atoms with Crippen LogP contribution >= 0.6 is 11.3 Å². The minimum Gasteiger partial charge on any atom is -0.366 e. The van der Waals surface area contributed by atoms with E-state index in [9.17, 15) is 19.2 Å². The van der Waals surface area contributed by atoms with E-state index < -0.39 is 11.8 Å². The second kappa shape index (κ2) is 8.27. The number of H-pyrrole nitrogens is 1. The monoisotopic (exact) mass is 397 g/mol. The van der Waals surface area contributed by atoms with Gasteiger partial charge in [-0.25, -0.2) is 4.98 Å². The number of carbonyl (C=O) groups is 3. The number of pyridine rings is 1. The number of anilines is 2. The highest BCUT2D eigenvalue weighted by molar-refractivity contribution is 7.14. The number of hydrogen-bond donors (Lipinski definition) is 4. The molecule has 28 heavy (non-hydrogen) atoms. The number of primary amides is 1. The molecular formula is C18H15N5O4S. The van der Waals surface area contributed by atoms with Crippen molar-refractivity contribution in [2.24, 2.45) is 5.73 Å². The number of hydrogen-bond acceptors (Lipinski definition) is 6. The lowest BCUT2D eigenvalue weighted by Gasteiger charge is -2.04. The molecule has 9 nitrogen and oxygen atoms in total. The molecule has 0 fully saturated rings. The Bertz CT molecular complexity index is 1070. The van der Waals surface area contributed by atoms with E-state index in [1.54, 1.807) is 17.5 Å². The summed E-state index contributed by atoms with van der Waals surface area (Å²) in [4.78, 5) is 52.9. The van der Waals surface area contributed by atoms with Gasteiger partial charge in [0.1, 0.15) is 0 Å². The highest BCUT2D eigenvalue weighted by atomic mass is 32.1. The first-order valence-electron chi connectivity index (χ1n) is 8.05. The highest BCUT2D eigenvalue weighted by Crippen LogP contribution is 2.17. The molecule has 3 aromatic rings. The Balaban J connectivity index is 1.57. The maximum absolute atomic E-state index is 12.1. The maximum Gasteiger partial charge on any atom is 0.258 e. The van der Waals surface area contributed by atoms with E-state index in [-0.39, 0.29) is 23.5 Å². The zero-order valence-electron chi connectivity index (χ0n) is 14.4. The van der Waals surface area contributed by atoms with Crippen molar-refractivity contribution in [3.05, 3.63) is 75.1 Å². The minimum absolute atomic E-state index is 0.0165. The number of nitrogens with one attached hydrogen (secondary N) is 3. The van der Waals surface area contributed by atoms with Gasteiger partial charge in [0.05, 0.1) is 17.7 Å². The van der Waals surface area contributed by atoms with Crippen LogP contribution in [0, 0.1) is 0 Å². The molecule has 0 radical (unpaired) electrons. The van der Waals surface area contributed by atoms with E-state index in [0.29, 0.717) is 22.1 Å². The number of amides is 3. The molecule has 3 rings (SSSR count). The SMILES string of the molecule is NC(=O)c1ccc(NC(=O)Cc2csc(NC(=O)c3ccc(=O)[nH]c3)n2)cc1. The van der Waals surface area contributed by atoms with E-state index in [0.717, 1.165) is 0 Å². The summed E-state index contributed by atoms with van der Waals surface area (Å²) in [6, 6.07) is 8.85. The van der Waals surface area contributed by atoms with Crippen LogP contribution in [0.25, 0.3) is 0 Å². The third-order valence-electron chi connectivity index (χ3n) is 3.61. The van der Waals surface area contributed by atoms with Gasteiger partial charge in [-0.05, 0) is 30.3 Å². The molecule has 0 spiro atoms. The van der Waals surface area contributed by atoms with Crippen molar-refractivity contribution in [3.8, 4) is 0 Å². The van der Waals surface area contributed by atoms with E-state index in [2.05, 4.69) is 20.6 Å². The number of rotatable bonds is 6. The zero-order chi connectivity index (χ0) is 20.1. The fourth-order valence-electron chi connectivity index (χ4n) is 2.25. The number of thiazole rings is 1. The van der Waals surface area contributed by atoms with Crippen LogP contribution in [0.1, 0.15) is 26.4 Å². The molecule has 0 aliphatic rings. The molecule has 10 heteroatoms. The first-order valence-corrected chi connectivity index (χ1v) is 8.93. The molecule has 2 aromatic heterocycles. The standard InChI is InChI=1S/C18H15N5O4S/c19-16(26)10-1-4-12(5-2-10)21-15(25)7-13-9-28-18(22-13)23-17(27)11-3-6-14(24)20-8-11/h1-6,8-9H,7H2,(H2,19,26)(H,20,24)(H,21,25)(H,22,23,27). The van der Waals surface area contributed by atoms with Crippen LogP contribution in [0.15, 0.2) is 52.8 Å². The lowest BCUT2D eigenvalue weighted by Crippen LogP contribution is -2.16. The average molecular weight is 397 g/mol. The van der Waals surface area contributed by atoms with Crippen LogP contribution in [0.5, 0.6) is 0 Å². The quantitative estimate of drug-likeness (QED) is 0.496. The number of carbonyl (C=O) groups excluding carboxylic acids is 3. The van der Waals surface area contributed by atoms with Gasteiger partial charge in [0.2, 0.25) is 17.4 Å². The lowest BCUT2D eigenvalue weighted by atomic mass is 10.2. The molecule has 0 aliphatic heterocycles. The first-order chi connectivity index (χ1) is 13.4. The summed E-state index contributed by atoms with van der Waals surface area (Å²) < 4.78 is 0. The number of aromatic amines is 1. The van der Waals surface area contributed by atoms with Crippen molar-refractivity contribution in [3.63, 3.8) is 0 Å². The van der Waals surface area contributed by atoms with Crippen molar-refractivity contribution in [2.45, 2.75) is 6.42 Å². The predicted molar refractivity (Wildman–Crippen MR) is 104 cm³/mol. The summed E-state index contributed by atoms with van der Waals surface area (Å²) in [5.41, 5.74) is 6.52. The van der Waals surface area contributed by atoms with Crippen LogP contribution in [0.2, 0.25) is 0 Å². The van der Waals surface area contributed by atoms with E-state index >= 15 is 0 Å². The van der Waals surface area contributed by atoms with Gasteiger partial charge in [-0.15, -0.1) is 11.3 Å². The Kier molecular flexibility index (Phi) is 5.61. The van der Waals surface area contributed by atoms with Gasteiger partial charge in [0.15, 0.2) is 5.13 Å². The number of aromatic nitrogens is 2. The van der Waals surface area contributed by atoms with Crippen LogP contribution in [-0.4, -0.2) is 27.7 Å². The molecule has 142 valence electrons. The van der Waals surface area contributed by atoms with Crippen molar-refractivity contribution >= 4 is 39.9 Å². The van der Waals surface area contributed by atoms with Crippen molar-refractivity contribution < 1.29 is 14.4 Å². The first kappa shape index (κ1) is 19.0. The van der Waals surface area contributed by atoms with Gasteiger partial charge < -0.3 is 16.0 Å². The van der Waals surface area contributed by atoms with Crippen LogP contribution in [0.3, 0.4) is 0 Å². The lowest BCUT2D eigenvalue weighted by molar-refractivity contribution is -0.115. The minimum atomic E-state index is -0.545. The highest BCUT2D eigenvalue weighted by Gasteiger charge is 2.12. The Morgan fingerprint density at radius 3 is 2.39 bits per heavy atom. The summed E-state index contributed by atoms with van der Waals surface area (Å²) in [7, 11) is 0. The number of benzene rings is 1. The number of nitrogens with zero attached hydrogens (tertiary/aromatic N) is 1. The summed E-state index contributed by atoms with van der Waals surface area (Å²) in [5.74, 6) is -1.26. The van der Waals surface area contributed by atoms with E-state index in [1.165, 1.54) is 41.8 Å². The van der Waals surface area contributed by atoms with Crippen molar-refractivity contribution in [2.75, 3.05) is 10.6 Å². The van der Waals surface area contributed by atoms with Gasteiger partial charge in [-0.3, -0.25) is 24.5 Å². The Hall–Kier alpha value is -3.79. The van der Waals surface area contributed by atoms with Crippen LogP contribution in [0.4, 0.5) is 10.8 Å². The largest absolute Gasteiger partial charge is 0.366 e. The molecule has 2 heterocycles. The summed E-state index contributed by atoms with van der Waals surface area (Å²) in [5, 5.41) is 7.30. The normalized spacial score (nSPS) is 10.3. The van der Waals surface area contributed by atoms with Crippen molar-refractivity contribution in [1.82, 2.24) is 9.97 Å². The summed E-state index contributed by atoms with van der Waals surface area (Å²) >= 11 is 1.18. The van der Waals surface area contributed by atoms with E-state index in [1.807, 2.05) is 0 Å². The molecule has 0 atom stereocenters. The average Bonchev–Trinajstić information content (AvgIpc) is 3.09. The van der Waals surface area contributed by atoms with Gasteiger partial charge in [-0.2, -0.15) is 0 Å². The molecule has 0 saturated carbocycles. The number of nitrogens with two attached hydrogens (primary N) is 1. The van der Waals surface area contributed by atoms with Gasteiger partial charge in [0, 0.05) is 28.9 Å². The zero-order valence-corrected chi connectivity index (χ0v) is 15.2. The van der Waals surface area contributed by atoms with Gasteiger partial charge >= 0.3 is 0 Å². The van der Waals surface area contributed by atoms with E-state index in [4.69, 9.17) is 5.73 Å². The van der Waals surface area contributed by atoms with Gasteiger partial charge in [-0.1, -0.05) is 0 Å². The smallest absolute Gasteiger partial charge is 0.258 e. The Labute approximate surface area is 162 Å². The Morgan fingerprint density at radius 1 is 1.04 bits per heavy atom.